The minimum Gasteiger partial charge on any atom is -0.507 e. The molecule has 2 aliphatic rings. The Hall–Kier alpha value is -3.35. The Balaban J connectivity index is 1.44. The first-order chi connectivity index (χ1) is 14.6. The van der Waals surface area contributed by atoms with Crippen LogP contribution in [0.15, 0.2) is 48.7 Å². The highest BCUT2D eigenvalue weighted by molar-refractivity contribution is 5.74. The lowest BCUT2D eigenvalue weighted by atomic mass is 10.1. The van der Waals surface area contributed by atoms with E-state index in [-0.39, 0.29) is 5.75 Å². The van der Waals surface area contributed by atoms with Gasteiger partial charge in [-0.3, -0.25) is 4.98 Å². The van der Waals surface area contributed by atoms with E-state index in [9.17, 15) is 5.11 Å². The molecule has 0 spiro atoms. The maximum absolute atomic E-state index is 10.2. The summed E-state index contributed by atoms with van der Waals surface area (Å²) >= 11 is 0. The summed E-state index contributed by atoms with van der Waals surface area (Å²) in [6.45, 7) is 3.91. The van der Waals surface area contributed by atoms with Crippen molar-refractivity contribution in [3.63, 3.8) is 0 Å². The van der Waals surface area contributed by atoms with Gasteiger partial charge in [0.25, 0.3) is 0 Å². The predicted octanol–water partition coefficient (Wildman–Crippen LogP) is 3.25. The number of pyridine rings is 1. The molecule has 0 saturated carbocycles. The highest BCUT2D eigenvalue weighted by Crippen LogP contribution is 2.38. The van der Waals surface area contributed by atoms with Crippen molar-refractivity contribution >= 4 is 17.2 Å². The fourth-order valence-corrected chi connectivity index (χ4v) is 4.81. The molecule has 2 unspecified atom stereocenters. The average Bonchev–Trinajstić information content (AvgIpc) is 3.04. The van der Waals surface area contributed by atoms with Gasteiger partial charge in [-0.2, -0.15) is 0 Å². The number of benzene rings is 1. The van der Waals surface area contributed by atoms with Crippen LogP contribution in [0.3, 0.4) is 0 Å². The number of aromatic hydroxyl groups is 1. The zero-order chi connectivity index (χ0) is 20.7. The fourth-order valence-electron chi connectivity index (χ4n) is 4.81. The molecule has 2 aliphatic heterocycles. The third kappa shape index (κ3) is 3.20. The Kier molecular flexibility index (Phi) is 4.65. The Morgan fingerprint density at radius 1 is 1.07 bits per heavy atom. The van der Waals surface area contributed by atoms with Crippen LogP contribution in [0.25, 0.3) is 11.3 Å². The molecule has 2 aromatic heterocycles. The Morgan fingerprint density at radius 3 is 2.57 bits per heavy atom. The van der Waals surface area contributed by atoms with Crippen LogP contribution in [-0.4, -0.2) is 45.5 Å². The second-order valence-electron chi connectivity index (χ2n) is 8.07. The summed E-state index contributed by atoms with van der Waals surface area (Å²) in [7, 11) is 0. The molecule has 2 atom stereocenters. The van der Waals surface area contributed by atoms with E-state index >= 15 is 0 Å². The van der Waals surface area contributed by atoms with E-state index < -0.39 is 0 Å². The summed E-state index contributed by atoms with van der Waals surface area (Å²) < 4.78 is 0. The SMILES string of the molecule is CCc1cc(N2C3CCC2CN(c2cc(-c4ccccc4O)nnc2N)C3)ccn1. The molecule has 1 aromatic carbocycles. The number of aromatic nitrogens is 3. The van der Waals surface area contributed by atoms with Crippen molar-refractivity contribution in [1.82, 2.24) is 15.2 Å². The van der Waals surface area contributed by atoms with Gasteiger partial charge in [-0.1, -0.05) is 19.1 Å². The largest absolute Gasteiger partial charge is 0.507 e. The van der Waals surface area contributed by atoms with Gasteiger partial charge in [-0.25, -0.2) is 0 Å². The molecule has 2 bridgehead atoms. The molecule has 3 aromatic rings. The summed E-state index contributed by atoms with van der Waals surface area (Å²) in [6.07, 6.45) is 5.19. The number of phenols is 1. The van der Waals surface area contributed by atoms with Crippen molar-refractivity contribution in [1.29, 1.82) is 0 Å². The van der Waals surface area contributed by atoms with Gasteiger partial charge in [0.2, 0.25) is 0 Å². The van der Waals surface area contributed by atoms with Crippen LogP contribution in [-0.2, 0) is 6.42 Å². The van der Waals surface area contributed by atoms with Crippen LogP contribution in [0.5, 0.6) is 5.75 Å². The van der Waals surface area contributed by atoms with Crippen molar-refractivity contribution in [2.45, 2.75) is 38.3 Å². The van der Waals surface area contributed by atoms with Crippen LogP contribution in [0.4, 0.5) is 17.2 Å². The van der Waals surface area contributed by atoms with Gasteiger partial charge in [0, 0.05) is 48.3 Å². The van der Waals surface area contributed by atoms with Gasteiger partial charge in [0.15, 0.2) is 5.82 Å². The summed E-state index contributed by atoms with van der Waals surface area (Å²) in [5.74, 6) is 0.621. The molecule has 2 fully saturated rings. The van der Waals surface area contributed by atoms with E-state index in [4.69, 9.17) is 5.73 Å². The van der Waals surface area contributed by atoms with Crippen molar-refractivity contribution in [3.05, 3.63) is 54.4 Å². The number of hydrogen-bond donors (Lipinski definition) is 2. The van der Waals surface area contributed by atoms with Crippen LogP contribution in [0, 0.1) is 0 Å². The number of nitrogens with two attached hydrogens (primary N) is 1. The van der Waals surface area contributed by atoms with E-state index in [1.165, 1.54) is 5.69 Å². The molecule has 0 radical (unpaired) electrons. The van der Waals surface area contributed by atoms with Gasteiger partial charge in [0.1, 0.15) is 5.75 Å². The Labute approximate surface area is 176 Å². The minimum atomic E-state index is 0.192. The molecule has 7 heteroatoms. The van der Waals surface area contributed by atoms with Crippen LogP contribution >= 0.6 is 0 Å². The van der Waals surface area contributed by atoms with E-state index in [2.05, 4.69) is 44.0 Å². The number of aryl methyl sites for hydroxylation is 1. The number of nitrogen functional groups attached to an aromatic ring is 1. The van der Waals surface area contributed by atoms with Gasteiger partial charge < -0.3 is 20.6 Å². The van der Waals surface area contributed by atoms with Crippen LogP contribution in [0.1, 0.15) is 25.5 Å². The normalized spacial score (nSPS) is 20.6. The standard InChI is InChI=1S/C23H26N6O/c1-2-15-11-16(9-10-25-15)29-17-7-8-18(29)14-28(13-17)21-12-20(26-27-23(21)24)19-5-3-4-6-22(19)30/h3-6,9-12,17-18,30H,2,7-8,13-14H2,1H3,(H2,24,27). The Bertz CT molecular complexity index is 1060. The number of hydrogen-bond acceptors (Lipinski definition) is 7. The zero-order valence-corrected chi connectivity index (χ0v) is 17.1. The molecule has 4 heterocycles. The number of nitrogens with zero attached hydrogens (tertiary/aromatic N) is 5. The maximum Gasteiger partial charge on any atom is 0.169 e. The van der Waals surface area contributed by atoms with Crippen molar-refractivity contribution in [2.75, 3.05) is 28.6 Å². The third-order valence-corrected chi connectivity index (χ3v) is 6.26. The molecule has 154 valence electrons. The molecule has 3 N–H and O–H groups in total. The molecule has 7 nitrogen and oxygen atoms in total. The third-order valence-electron chi connectivity index (χ3n) is 6.26. The van der Waals surface area contributed by atoms with E-state index in [0.29, 0.717) is 29.2 Å². The minimum absolute atomic E-state index is 0.192. The molecule has 5 rings (SSSR count). The zero-order valence-electron chi connectivity index (χ0n) is 17.1. The molecule has 2 saturated heterocycles. The molecular formula is C23H26N6O. The first-order valence-corrected chi connectivity index (χ1v) is 10.5. The van der Waals surface area contributed by atoms with Crippen molar-refractivity contribution in [2.24, 2.45) is 0 Å². The van der Waals surface area contributed by atoms with Crippen molar-refractivity contribution < 1.29 is 5.11 Å². The lowest BCUT2D eigenvalue weighted by Crippen LogP contribution is -2.54. The highest BCUT2D eigenvalue weighted by Gasteiger charge is 2.40. The second kappa shape index (κ2) is 7.48. The van der Waals surface area contributed by atoms with Crippen LogP contribution < -0.4 is 15.5 Å². The lowest BCUT2D eigenvalue weighted by molar-refractivity contribution is 0.477. The number of para-hydroxylation sites is 1. The fraction of sp³-hybridized carbons (Fsp3) is 0.348. The predicted molar refractivity (Wildman–Crippen MR) is 119 cm³/mol. The van der Waals surface area contributed by atoms with Gasteiger partial charge in [0.05, 0.1) is 11.4 Å². The highest BCUT2D eigenvalue weighted by atomic mass is 16.3. The number of phenolic OH excluding ortho intramolecular Hbond substituents is 1. The molecule has 30 heavy (non-hydrogen) atoms. The van der Waals surface area contributed by atoms with E-state index in [0.717, 1.165) is 43.7 Å². The van der Waals surface area contributed by atoms with Crippen molar-refractivity contribution in [3.8, 4) is 17.0 Å². The topological polar surface area (TPSA) is 91.4 Å². The number of rotatable bonds is 4. The summed E-state index contributed by atoms with van der Waals surface area (Å²) in [5.41, 5.74) is 10.8. The lowest BCUT2D eigenvalue weighted by Gasteiger charge is -2.43. The number of fused-ring (bicyclic) bond motifs is 2. The molecule has 0 aliphatic carbocycles. The quantitative estimate of drug-likeness (QED) is 0.692. The summed E-state index contributed by atoms with van der Waals surface area (Å²) in [6, 6.07) is 14.3. The summed E-state index contributed by atoms with van der Waals surface area (Å²) in [4.78, 5) is 9.34. The first-order valence-electron chi connectivity index (χ1n) is 10.5. The van der Waals surface area contributed by atoms with Crippen LogP contribution in [0.2, 0.25) is 0 Å². The number of anilines is 3. The molecular weight excluding hydrogens is 376 g/mol. The first kappa shape index (κ1) is 18.7. The Morgan fingerprint density at radius 2 is 1.83 bits per heavy atom. The maximum atomic E-state index is 10.2. The van der Waals surface area contributed by atoms with E-state index in [1.54, 1.807) is 12.1 Å². The van der Waals surface area contributed by atoms with Gasteiger partial charge in [-0.15, -0.1) is 10.2 Å². The van der Waals surface area contributed by atoms with Gasteiger partial charge >= 0.3 is 0 Å². The smallest absolute Gasteiger partial charge is 0.169 e. The monoisotopic (exact) mass is 402 g/mol. The molecule has 0 amide bonds. The average molecular weight is 403 g/mol. The van der Waals surface area contributed by atoms with E-state index in [1.807, 2.05) is 24.4 Å². The summed E-state index contributed by atoms with van der Waals surface area (Å²) in [5, 5.41) is 18.6. The van der Waals surface area contributed by atoms with Gasteiger partial charge in [-0.05, 0) is 49.6 Å². The number of piperazine rings is 1. The second-order valence-corrected chi connectivity index (χ2v) is 8.07.